The Morgan fingerprint density at radius 3 is 3.26 bits per heavy atom. The van der Waals surface area contributed by atoms with Crippen LogP contribution in [0.25, 0.3) is 0 Å². The average molecular weight is 265 g/mol. The van der Waals surface area contributed by atoms with Gasteiger partial charge in [0.1, 0.15) is 6.26 Å². The summed E-state index contributed by atoms with van der Waals surface area (Å²) in [5.74, 6) is 0.723. The largest absolute Gasteiger partial charge is 0.449 e. The number of aromatic nitrogens is 1. The van der Waals surface area contributed by atoms with E-state index in [1.165, 1.54) is 0 Å². The number of hydrogen-bond donors (Lipinski definition) is 2. The molecule has 2 aliphatic rings. The Morgan fingerprint density at radius 2 is 2.53 bits per heavy atom. The second-order valence-corrected chi connectivity index (χ2v) is 5.99. The molecule has 1 aromatic heterocycles. The minimum atomic E-state index is 0.0370. The number of fused-ring (bicyclic) bond motifs is 1. The van der Waals surface area contributed by atoms with Gasteiger partial charge >= 0.3 is 0 Å². The second-order valence-electron chi connectivity index (χ2n) is 5.99. The van der Waals surface area contributed by atoms with Gasteiger partial charge in [-0.25, -0.2) is 4.98 Å². The number of aryl methyl sites for hydroxylation is 1. The van der Waals surface area contributed by atoms with Gasteiger partial charge in [0, 0.05) is 38.0 Å². The summed E-state index contributed by atoms with van der Waals surface area (Å²) >= 11 is 0. The molecule has 0 aliphatic carbocycles. The quantitative estimate of drug-likeness (QED) is 0.851. The van der Waals surface area contributed by atoms with Gasteiger partial charge in [-0.05, 0) is 25.8 Å². The molecule has 2 saturated heterocycles. The van der Waals surface area contributed by atoms with E-state index >= 15 is 0 Å². The lowest BCUT2D eigenvalue weighted by Crippen LogP contribution is -2.61. The molecule has 0 radical (unpaired) electrons. The molecule has 0 unspecified atom stereocenters. The summed E-state index contributed by atoms with van der Waals surface area (Å²) in [6.45, 7) is 6.08. The van der Waals surface area contributed by atoms with Crippen molar-refractivity contribution < 1.29 is 9.52 Å². The van der Waals surface area contributed by atoms with Crippen LogP contribution >= 0.6 is 0 Å². The van der Waals surface area contributed by atoms with Crippen molar-refractivity contribution in [3.63, 3.8) is 0 Å². The van der Waals surface area contributed by atoms with Crippen molar-refractivity contribution in [1.82, 2.24) is 15.2 Å². The molecule has 5 heteroatoms. The molecule has 0 amide bonds. The number of nitrogens with one attached hydrogen (secondary N) is 1. The van der Waals surface area contributed by atoms with Crippen molar-refractivity contribution in [2.75, 3.05) is 26.2 Å². The predicted octanol–water partition coefficient (Wildman–Crippen LogP) is 0.919. The van der Waals surface area contributed by atoms with Crippen LogP contribution in [0.2, 0.25) is 0 Å². The molecule has 2 N–H and O–H groups in total. The van der Waals surface area contributed by atoms with Gasteiger partial charge in [-0.15, -0.1) is 0 Å². The predicted molar refractivity (Wildman–Crippen MR) is 71.7 cm³/mol. The molecule has 2 fully saturated rings. The number of aliphatic hydroxyl groups is 1. The topological polar surface area (TPSA) is 61.5 Å². The highest BCUT2D eigenvalue weighted by Crippen LogP contribution is 2.37. The lowest BCUT2D eigenvalue weighted by atomic mass is 9.71. The molecule has 1 aromatic rings. The zero-order valence-electron chi connectivity index (χ0n) is 11.6. The first-order valence-corrected chi connectivity index (χ1v) is 7.19. The van der Waals surface area contributed by atoms with E-state index in [1.807, 2.05) is 6.92 Å². The Bertz CT molecular complexity index is 434. The van der Waals surface area contributed by atoms with Crippen LogP contribution in [0.15, 0.2) is 10.7 Å². The second kappa shape index (κ2) is 5.23. The summed E-state index contributed by atoms with van der Waals surface area (Å²) in [7, 11) is 0. The highest BCUT2D eigenvalue weighted by molar-refractivity contribution is 5.02. The summed E-state index contributed by atoms with van der Waals surface area (Å²) in [4.78, 5) is 6.77. The van der Waals surface area contributed by atoms with Crippen LogP contribution in [0.1, 0.15) is 30.8 Å². The Morgan fingerprint density at radius 1 is 1.63 bits per heavy atom. The molecule has 0 aromatic carbocycles. The maximum atomic E-state index is 9.86. The van der Waals surface area contributed by atoms with Gasteiger partial charge in [0.2, 0.25) is 0 Å². The van der Waals surface area contributed by atoms with Crippen molar-refractivity contribution >= 4 is 0 Å². The van der Waals surface area contributed by atoms with E-state index in [0.29, 0.717) is 6.04 Å². The average Bonchev–Trinajstić information content (AvgIpc) is 2.84. The van der Waals surface area contributed by atoms with Crippen LogP contribution < -0.4 is 5.32 Å². The molecule has 2 aliphatic heterocycles. The fraction of sp³-hybridized carbons (Fsp3) is 0.786. The Balaban J connectivity index is 1.68. The van der Waals surface area contributed by atoms with E-state index in [9.17, 15) is 5.11 Å². The van der Waals surface area contributed by atoms with Crippen LogP contribution in [-0.4, -0.2) is 47.3 Å². The van der Waals surface area contributed by atoms with Crippen LogP contribution in [0.4, 0.5) is 0 Å². The van der Waals surface area contributed by atoms with Crippen LogP contribution in [0, 0.1) is 12.3 Å². The van der Waals surface area contributed by atoms with Crippen LogP contribution in [0.5, 0.6) is 0 Å². The fourth-order valence-corrected chi connectivity index (χ4v) is 3.63. The number of piperidine rings is 2. The first-order valence-electron chi connectivity index (χ1n) is 7.19. The first kappa shape index (κ1) is 13.1. The summed E-state index contributed by atoms with van der Waals surface area (Å²) in [6.07, 6.45) is 5.13. The Labute approximate surface area is 114 Å². The van der Waals surface area contributed by atoms with E-state index in [1.54, 1.807) is 6.26 Å². The van der Waals surface area contributed by atoms with Crippen LogP contribution in [-0.2, 0) is 6.54 Å². The van der Waals surface area contributed by atoms with Crippen molar-refractivity contribution in [2.45, 2.75) is 38.8 Å². The van der Waals surface area contributed by atoms with Crippen molar-refractivity contribution in [3.05, 3.63) is 17.8 Å². The van der Waals surface area contributed by atoms with Gasteiger partial charge in [0.15, 0.2) is 5.89 Å². The number of aliphatic hydroxyl groups excluding tert-OH is 1. The molecule has 2 atom stereocenters. The maximum Gasteiger partial charge on any atom is 0.191 e. The summed E-state index contributed by atoms with van der Waals surface area (Å²) in [6, 6.07) is 0.474. The number of rotatable bonds is 3. The molecular formula is C14H23N3O2. The van der Waals surface area contributed by atoms with Crippen LogP contribution in [0.3, 0.4) is 0 Å². The number of hydrogen-bond acceptors (Lipinski definition) is 5. The normalized spacial score (nSPS) is 32.2. The van der Waals surface area contributed by atoms with E-state index in [2.05, 4.69) is 15.2 Å². The van der Waals surface area contributed by atoms with Gasteiger partial charge in [-0.1, -0.05) is 0 Å². The first-order chi connectivity index (χ1) is 9.22. The standard InChI is InChI=1S/C14H23N3O2/c1-11-16-12(8-19-11)7-17-6-3-13-14(9-17,10-18)4-2-5-15-13/h8,13,15,18H,2-7,9-10H2,1H3/t13-,14-/m1/s1. The number of likely N-dealkylation sites (tertiary alicyclic amines) is 1. The summed E-state index contributed by atoms with van der Waals surface area (Å²) < 4.78 is 5.26. The van der Waals surface area contributed by atoms with E-state index in [4.69, 9.17) is 4.42 Å². The minimum Gasteiger partial charge on any atom is -0.449 e. The molecule has 0 saturated carbocycles. The molecule has 3 rings (SSSR count). The molecular weight excluding hydrogens is 242 g/mol. The third-order valence-electron chi connectivity index (χ3n) is 4.62. The number of oxazole rings is 1. The summed E-state index contributed by atoms with van der Waals surface area (Å²) in [5, 5.41) is 13.4. The molecule has 5 nitrogen and oxygen atoms in total. The van der Waals surface area contributed by atoms with Crippen molar-refractivity contribution in [1.29, 1.82) is 0 Å². The SMILES string of the molecule is Cc1nc(CN2CC[C@H]3NCCC[C@]3(CO)C2)co1. The van der Waals surface area contributed by atoms with Crippen molar-refractivity contribution in [3.8, 4) is 0 Å². The molecule has 106 valence electrons. The Hall–Kier alpha value is -0.910. The molecule has 0 bridgehead atoms. The smallest absolute Gasteiger partial charge is 0.191 e. The zero-order valence-corrected chi connectivity index (χ0v) is 11.6. The lowest BCUT2D eigenvalue weighted by molar-refractivity contribution is -0.0226. The monoisotopic (exact) mass is 265 g/mol. The van der Waals surface area contributed by atoms with E-state index in [0.717, 1.165) is 57.0 Å². The summed E-state index contributed by atoms with van der Waals surface area (Å²) in [5.41, 5.74) is 1.03. The van der Waals surface area contributed by atoms with E-state index < -0.39 is 0 Å². The van der Waals surface area contributed by atoms with Crippen molar-refractivity contribution in [2.24, 2.45) is 5.41 Å². The molecule has 0 spiro atoms. The zero-order chi connectivity index (χ0) is 13.3. The molecule has 19 heavy (non-hydrogen) atoms. The fourth-order valence-electron chi connectivity index (χ4n) is 3.63. The van der Waals surface area contributed by atoms with Gasteiger partial charge in [-0.3, -0.25) is 4.90 Å². The number of nitrogens with zero attached hydrogens (tertiary/aromatic N) is 2. The van der Waals surface area contributed by atoms with Gasteiger partial charge < -0.3 is 14.8 Å². The minimum absolute atomic E-state index is 0.0370. The van der Waals surface area contributed by atoms with E-state index in [-0.39, 0.29) is 12.0 Å². The highest BCUT2D eigenvalue weighted by atomic mass is 16.3. The molecule has 3 heterocycles. The highest BCUT2D eigenvalue weighted by Gasteiger charge is 2.44. The Kier molecular flexibility index (Phi) is 3.60. The van der Waals surface area contributed by atoms with Gasteiger partial charge in [0.05, 0.1) is 12.3 Å². The van der Waals surface area contributed by atoms with Gasteiger partial charge in [0.25, 0.3) is 0 Å². The third kappa shape index (κ3) is 2.55. The third-order valence-corrected chi connectivity index (χ3v) is 4.62. The van der Waals surface area contributed by atoms with Gasteiger partial charge in [-0.2, -0.15) is 0 Å². The maximum absolute atomic E-state index is 9.86. The lowest BCUT2D eigenvalue weighted by Gasteiger charge is -2.50.